The van der Waals surface area contributed by atoms with Crippen molar-refractivity contribution < 1.29 is 14.3 Å². The van der Waals surface area contributed by atoms with Crippen LogP contribution in [0.4, 0.5) is 0 Å². The molecule has 3 rings (SSSR count). The molecule has 0 bridgehead atoms. The Hall–Kier alpha value is -1.31. The molecule has 0 unspecified atom stereocenters. The maximum atomic E-state index is 12.1. The van der Waals surface area contributed by atoms with Crippen molar-refractivity contribution in [2.24, 2.45) is 0 Å². The van der Waals surface area contributed by atoms with Gasteiger partial charge in [-0.15, -0.1) is 22.7 Å². The molecule has 1 aliphatic rings. The van der Waals surface area contributed by atoms with Crippen LogP contribution in [0.15, 0.2) is 23.6 Å². The summed E-state index contributed by atoms with van der Waals surface area (Å²) in [4.78, 5) is 27.1. The SMILES string of the molecule is O=C(COC(=O)c1cc2c(s1)CCCC2)NCCSCc1cccs1. The van der Waals surface area contributed by atoms with E-state index in [0.717, 1.165) is 24.3 Å². The van der Waals surface area contributed by atoms with Gasteiger partial charge in [-0.3, -0.25) is 4.79 Å². The molecule has 0 aromatic carbocycles. The molecule has 0 spiro atoms. The molecule has 0 aliphatic heterocycles. The van der Waals surface area contributed by atoms with Gasteiger partial charge in [-0.05, 0) is 48.8 Å². The third-order valence-corrected chi connectivity index (χ3v) is 7.21. The number of thiophene rings is 2. The first-order valence-corrected chi connectivity index (χ1v) is 11.2. The molecular formula is C18H21NO3S3. The van der Waals surface area contributed by atoms with Gasteiger partial charge in [-0.1, -0.05) is 6.07 Å². The highest BCUT2D eigenvalue weighted by Crippen LogP contribution is 2.29. The number of esters is 1. The predicted molar refractivity (Wildman–Crippen MR) is 105 cm³/mol. The highest BCUT2D eigenvalue weighted by atomic mass is 32.2. The fourth-order valence-electron chi connectivity index (χ4n) is 2.67. The lowest BCUT2D eigenvalue weighted by atomic mass is 9.99. The molecule has 4 nitrogen and oxygen atoms in total. The van der Waals surface area contributed by atoms with Crippen molar-refractivity contribution in [1.29, 1.82) is 0 Å². The number of aryl methyl sites for hydroxylation is 2. The number of hydrogen-bond acceptors (Lipinski definition) is 6. The van der Waals surface area contributed by atoms with Crippen LogP contribution in [-0.2, 0) is 28.1 Å². The largest absolute Gasteiger partial charge is 0.451 e. The number of fused-ring (bicyclic) bond motifs is 1. The third kappa shape index (κ3) is 5.59. The Morgan fingerprint density at radius 2 is 2.16 bits per heavy atom. The van der Waals surface area contributed by atoms with Crippen molar-refractivity contribution in [2.75, 3.05) is 18.9 Å². The molecule has 0 atom stereocenters. The molecule has 2 heterocycles. The number of ether oxygens (including phenoxy) is 1. The van der Waals surface area contributed by atoms with Gasteiger partial charge in [-0.2, -0.15) is 11.8 Å². The summed E-state index contributed by atoms with van der Waals surface area (Å²) in [6.07, 6.45) is 4.47. The minimum Gasteiger partial charge on any atom is -0.451 e. The zero-order valence-electron chi connectivity index (χ0n) is 13.9. The molecule has 0 fully saturated rings. The van der Waals surface area contributed by atoms with Gasteiger partial charge in [0.15, 0.2) is 6.61 Å². The second-order valence-electron chi connectivity index (χ2n) is 5.82. The first-order chi connectivity index (χ1) is 12.2. The van der Waals surface area contributed by atoms with E-state index in [-0.39, 0.29) is 18.5 Å². The second kappa shape index (κ2) is 9.40. The van der Waals surface area contributed by atoms with Crippen molar-refractivity contribution in [1.82, 2.24) is 5.32 Å². The van der Waals surface area contributed by atoms with Gasteiger partial charge in [0.25, 0.3) is 5.91 Å². The molecule has 0 radical (unpaired) electrons. The van der Waals surface area contributed by atoms with E-state index in [9.17, 15) is 9.59 Å². The first kappa shape index (κ1) is 18.5. The topological polar surface area (TPSA) is 55.4 Å². The van der Waals surface area contributed by atoms with Gasteiger partial charge in [0.2, 0.25) is 0 Å². The second-order valence-corrected chi connectivity index (χ2v) is 9.10. The van der Waals surface area contributed by atoms with Crippen LogP contribution in [0.2, 0.25) is 0 Å². The molecule has 0 saturated heterocycles. The summed E-state index contributed by atoms with van der Waals surface area (Å²) in [5, 5.41) is 4.85. The number of carbonyl (C=O) groups excluding carboxylic acids is 2. The number of nitrogens with one attached hydrogen (secondary N) is 1. The summed E-state index contributed by atoms with van der Waals surface area (Å²) < 4.78 is 5.14. The van der Waals surface area contributed by atoms with Crippen molar-refractivity contribution in [3.8, 4) is 0 Å². The Bertz CT molecular complexity index is 686. The minimum absolute atomic E-state index is 0.211. The van der Waals surface area contributed by atoms with E-state index >= 15 is 0 Å². The van der Waals surface area contributed by atoms with E-state index < -0.39 is 0 Å². The van der Waals surface area contributed by atoms with Crippen LogP contribution in [0.5, 0.6) is 0 Å². The summed E-state index contributed by atoms with van der Waals surface area (Å²) in [6, 6.07) is 6.08. The molecule has 2 aromatic heterocycles. The molecule has 1 aliphatic carbocycles. The van der Waals surface area contributed by atoms with E-state index in [4.69, 9.17) is 4.74 Å². The molecule has 7 heteroatoms. The van der Waals surface area contributed by atoms with E-state index in [2.05, 4.69) is 16.8 Å². The predicted octanol–water partition coefficient (Wildman–Crippen LogP) is 3.89. The van der Waals surface area contributed by atoms with Gasteiger partial charge in [0.1, 0.15) is 4.88 Å². The highest BCUT2D eigenvalue weighted by molar-refractivity contribution is 7.98. The van der Waals surface area contributed by atoms with Crippen molar-refractivity contribution in [2.45, 2.75) is 31.4 Å². The molecular weight excluding hydrogens is 374 g/mol. The fraction of sp³-hybridized carbons (Fsp3) is 0.444. The van der Waals surface area contributed by atoms with Gasteiger partial charge < -0.3 is 10.1 Å². The smallest absolute Gasteiger partial charge is 0.348 e. The molecule has 1 N–H and O–H groups in total. The Labute approximate surface area is 160 Å². The van der Waals surface area contributed by atoms with E-state index in [1.54, 1.807) is 23.1 Å². The number of thioether (sulfide) groups is 1. The van der Waals surface area contributed by atoms with Crippen LogP contribution < -0.4 is 5.32 Å². The number of carbonyl (C=O) groups is 2. The van der Waals surface area contributed by atoms with Crippen LogP contribution in [0.1, 0.15) is 37.8 Å². The Morgan fingerprint density at radius 1 is 1.28 bits per heavy atom. The minimum atomic E-state index is -0.387. The van der Waals surface area contributed by atoms with Gasteiger partial charge in [0, 0.05) is 27.8 Å². The molecule has 1 amide bonds. The summed E-state index contributed by atoms with van der Waals surface area (Å²) in [6.45, 7) is 0.372. The van der Waals surface area contributed by atoms with E-state index in [0.29, 0.717) is 11.4 Å². The highest BCUT2D eigenvalue weighted by Gasteiger charge is 2.18. The van der Waals surface area contributed by atoms with Crippen LogP contribution in [0.3, 0.4) is 0 Å². The Balaban J connectivity index is 1.31. The molecule has 25 heavy (non-hydrogen) atoms. The fourth-order valence-corrected chi connectivity index (χ4v) is 5.52. The van der Waals surface area contributed by atoms with Gasteiger partial charge >= 0.3 is 5.97 Å². The number of rotatable bonds is 8. The summed E-state index contributed by atoms with van der Waals surface area (Å²) in [5.41, 5.74) is 1.27. The average Bonchev–Trinajstić information content (AvgIpc) is 3.28. The van der Waals surface area contributed by atoms with E-state index in [1.165, 1.54) is 39.5 Å². The maximum absolute atomic E-state index is 12.1. The number of amides is 1. The van der Waals surface area contributed by atoms with Crippen LogP contribution in [-0.4, -0.2) is 30.8 Å². The first-order valence-electron chi connectivity index (χ1n) is 8.38. The molecule has 0 saturated carbocycles. The van der Waals surface area contributed by atoms with Gasteiger partial charge in [0.05, 0.1) is 0 Å². The Kier molecular flexibility index (Phi) is 6.95. The standard InChI is InChI=1S/C18H21NO3S3/c20-17(19-7-9-23-12-14-5-3-8-24-14)11-22-18(21)16-10-13-4-1-2-6-15(13)25-16/h3,5,8,10H,1-2,4,6-7,9,11-12H2,(H,19,20). The zero-order valence-corrected chi connectivity index (χ0v) is 16.4. The van der Waals surface area contributed by atoms with Crippen LogP contribution >= 0.6 is 34.4 Å². The molecule has 134 valence electrons. The summed E-state index contributed by atoms with van der Waals surface area (Å²) in [5.74, 6) is 1.17. The van der Waals surface area contributed by atoms with Crippen molar-refractivity contribution in [3.05, 3.63) is 43.8 Å². The summed E-state index contributed by atoms with van der Waals surface area (Å²) in [7, 11) is 0. The van der Waals surface area contributed by atoms with Crippen molar-refractivity contribution >= 4 is 46.3 Å². The lowest BCUT2D eigenvalue weighted by Crippen LogP contribution is -2.30. The Morgan fingerprint density at radius 3 is 2.96 bits per heavy atom. The van der Waals surface area contributed by atoms with Crippen LogP contribution in [0, 0.1) is 0 Å². The lowest BCUT2D eigenvalue weighted by molar-refractivity contribution is -0.124. The van der Waals surface area contributed by atoms with Gasteiger partial charge in [-0.25, -0.2) is 4.79 Å². The lowest BCUT2D eigenvalue weighted by Gasteiger charge is -2.08. The monoisotopic (exact) mass is 395 g/mol. The third-order valence-electron chi connectivity index (χ3n) is 3.93. The zero-order chi connectivity index (χ0) is 17.5. The average molecular weight is 396 g/mol. The van der Waals surface area contributed by atoms with Crippen LogP contribution in [0.25, 0.3) is 0 Å². The molecule has 2 aromatic rings. The quantitative estimate of drug-likeness (QED) is 0.544. The normalized spacial score (nSPS) is 13.3. The summed E-state index contributed by atoms with van der Waals surface area (Å²) >= 11 is 5.03. The maximum Gasteiger partial charge on any atom is 0.348 e. The van der Waals surface area contributed by atoms with E-state index in [1.807, 2.05) is 12.1 Å². The van der Waals surface area contributed by atoms with Crippen molar-refractivity contribution in [3.63, 3.8) is 0 Å². The number of hydrogen-bond donors (Lipinski definition) is 1.